The maximum absolute atomic E-state index is 13.2. The summed E-state index contributed by atoms with van der Waals surface area (Å²) in [4.78, 5) is 8.43. The topological polar surface area (TPSA) is 70.4 Å². The number of anilines is 1. The fraction of sp³-hybridized carbons (Fsp3) is 0.217. The zero-order valence-electron chi connectivity index (χ0n) is 17.1. The van der Waals surface area contributed by atoms with E-state index >= 15 is 0 Å². The number of rotatable bonds is 5. The van der Waals surface area contributed by atoms with Gasteiger partial charge in [0.2, 0.25) is 5.88 Å². The highest BCUT2D eigenvalue weighted by atomic mass is 19.1. The van der Waals surface area contributed by atoms with Crippen molar-refractivity contribution in [2.45, 2.75) is 0 Å². The number of benzene rings is 2. The molecule has 0 atom stereocenters. The van der Waals surface area contributed by atoms with Crippen LogP contribution in [0.3, 0.4) is 0 Å². The average molecular weight is 422 g/mol. The summed E-state index contributed by atoms with van der Waals surface area (Å²) in [5, 5.41) is 13.2. The molecule has 0 saturated carbocycles. The summed E-state index contributed by atoms with van der Waals surface area (Å²) in [5.41, 5.74) is 1.68. The Hall–Kier alpha value is -3.81. The van der Waals surface area contributed by atoms with Crippen molar-refractivity contribution in [2.75, 3.05) is 38.2 Å². The second-order valence-corrected chi connectivity index (χ2v) is 7.03. The van der Waals surface area contributed by atoms with Gasteiger partial charge in [-0.1, -0.05) is 5.16 Å². The average Bonchev–Trinajstić information content (AvgIpc) is 2.81. The van der Waals surface area contributed by atoms with Crippen molar-refractivity contribution in [2.24, 2.45) is 5.16 Å². The molecule has 3 aromatic rings. The minimum Gasteiger partial charge on any atom is -0.497 e. The molecule has 8 heteroatoms. The molecule has 0 unspecified atom stereocenters. The Morgan fingerprint density at radius 2 is 1.65 bits per heavy atom. The number of methoxy groups -OCH3 is 1. The number of piperazine rings is 1. The van der Waals surface area contributed by atoms with Crippen LogP contribution in [0.25, 0.3) is 0 Å². The fourth-order valence-corrected chi connectivity index (χ4v) is 3.50. The van der Waals surface area contributed by atoms with Crippen molar-refractivity contribution < 1.29 is 19.1 Å². The van der Waals surface area contributed by atoms with E-state index in [-0.39, 0.29) is 5.82 Å². The number of nitrogens with zero attached hydrogens (tertiary/aromatic N) is 4. The van der Waals surface area contributed by atoms with Gasteiger partial charge in [0, 0.05) is 49.7 Å². The van der Waals surface area contributed by atoms with Gasteiger partial charge in [-0.3, -0.25) is 0 Å². The van der Waals surface area contributed by atoms with E-state index in [9.17, 15) is 9.60 Å². The SMILES string of the molecule is COc1ccc(Oc2cc(/C(=N/O)N3CCN(c4ccc(F)cc4)CC3)ccn2)cc1. The van der Waals surface area contributed by atoms with Gasteiger partial charge in [0.05, 0.1) is 7.11 Å². The number of pyridine rings is 1. The first-order valence-electron chi connectivity index (χ1n) is 9.92. The van der Waals surface area contributed by atoms with Crippen molar-refractivity contribution in [3.05, 3.63) is 78.2 Å². The first-order chi connectivity index (χ1) is 15.2. The molecule has 0 radical (unpaired) electrons. The quantitative estimate of drug-likeness (QED) is 0.290. The lowest BCUT2D eigenvalue weighted by atomic mass is 10.2. The molecule has 1 aliphatic rings. The predicted molar refractivity (Wildman–Crippen MR) is 116 cm³/mol. The molecular weight excluding hydrogens is 399 g/mol. The summed E-state index contributed by atoms with van der Waals surface area (Å²) in [6.07, 6.45) is 1.62. The molecule has 2 aromatic carbocycles. The molecule has 7 nitrogen and oxygen atoms in total. The standard InChI is InChI=1S/C23H23FN4O3/c1-30-20-6-8-21(9-7-20)31-22-16-17(10-11-25-22)23(26-29)28-14-12-27(13-15-28)19-4-2-18(24)3-5-19/h2-11,16,29H,12-15H2,1H3/b26-23-. The van der Waals surface area contributed by atoms with Crippen LogP contribution in [0, 0.1) is 5.82 Å². The highest BCUT2D eigenvalue weighted by molar-refractivity contribution is 5.98. The molecule has 31 heavy (non-hydrogen) atoms. The molecule has 0 bridgehead atoms. The van der Waals surface area contributed by atoms with Crippen LogP contribution in [-0.4, -0.2) is 54.2 Å². The Morgan fingerprint density at radius 3 is 2.29 bits per heavy atom. The minimum absolute atomic E-state index is 0.248. The third kappa shape index (κ3) is 4.85. The van der Waals surface area contributed by atoms with Crippen LogP contribution in [0.1, 0.15) is 5.56 Å². The molecule has 1 aliphatic heterocycles. The van der Waals surface area contributed by atoms with E-state index in [2.05, 4.69) is 15.0 Å². The smallest absolute Gasteiger partial charge is 0.219 e. The maximum atomic E-state index is 13.2. The highest BCUT2D eigenvalue weighted by Gasteiger charge is 2.22. The van der Waals surface area contributed by atoms with Gasteiger partial charge >= 0.3 is 0 Å². The summed E-state index contributed by atoms with van der Waals surface area (Å²) in [6, 6.07) is 17.2. The summed E-state index contributed by atoms with van der Waals surface area (Å²) in [6.45, 7) is 2.78. The second kappa shape index (κ2) is 9.34. The first kappa shape index (κ1) is 20.5. The molecule has 0 amide bonds. The van der Waals surface area contributed by atoms with E-state index in [0.717, 1.165) is 24.5 Å². The Balaban J connectivity index is 1.43. The maximum Gasteiger partial charge on any atom is 0.219 e. The normalized spacial score (nSPS) is 14.5. The van der Waals surface area contributed by atoms with Gasteiger partial charge in [0.25, 0.3) is 0 Å². The van der Waals surface area contributed by atoms with Crippen molar-refractivity contribution in [3.8, 4) is 17.4 Å². The number of hydrogen-bond acceptors (Lipinski definition) is 6. The summed E-state index contributed by atoms with van der Waals surface area (Å²) < 4.78 is 24.1. The second-order valence-electron chi connectivity index (χ2n) is 7.03. The van der Waals surface area contributed by atoms with Crippen LogP contribution < -0.4 is 14.4 Å². The van der Waals surface area contributed by atoms with Crippen LogP contribution >= 0.6 is 0 Å². The summed E-state index contributed by atoms with van der Waals surface area (Å²) in [7, 11) is 1.61. The molecule has 1 fully saturated rings. The zero-order valence-corrected chi connectivity index (χ0v) is 17.1. The van der Waals surface area contributed by atoms with Gasteiger partial charge < -0.3 is 24.5 Å². The number of oxime groups is 1. The molecule has 1 aromatic heterocycles. The minimum atomic E-state index is -0.248. The molecule has 1 N–H and O–H groups in total. The highest BCUT2D eigenvalue weighted by Crippen LogP contribution is 2.24. The lowest BCUT2D eigenvalue weighted by Gasteiger charge is -2.37. The van der Waals surface area contributed by atoms with Crippen LogP contribution in [0.5, 0.6) is 17.4 Å². The molecule has 4 rings (SSSR count). The van der Waals surface area contributed by atoms with E-state index in [1.165, 1.54) is 12.1 Å². The van der Waals surface area contributed by atoms with Crippen LogP contribution in [-0.2, 0) is 0 Å². The summed E-state index contributed by atoms with van der Waals surface area (Å²) in [5.74, 6) is 1.97. The lowest BCUT2D eigenvalue weighted by molar-refractivity contribution is 0.296. The Bertz CT molecular complexity index is 1030. The largest absolute Gasteiger partial charge is 0.497 e. The molecule has 1 saturated heterocycles. The van der Waals surface area contributed by atoms with Gasteiger partial charge in [-0.2, -0.15) is 0 Å². The van der Waals surface area contributed by atoms with Crippen LogP contribution in [0.2, 0.25) is 0 Å². The van der Waals surface area contributed by atoms with E-state index in [1.54, 1.807) is 61.8 Å². The van der Waals surface area contributed by atoms with E-state index < -0.39 is 0 Å². The number of aromatic nitrogens is 1. The van der Waals surface area contributed by atoms with Gasteiger partial charge in [0.15, 0.2) is 5.84 Å². The third-order valence-corrected chi connectivity index (χ3v) is 5.14. The van der Waals surface area contributed by atoms with Gasteiger partial charge in [-0.25, -0.2) is 9.37 Å². The molecule has 160 valence electrons. The summed E-state index contributed by atoms with van der Waals surface area (Å²) >= 11 is 0. The van der Waals surface area contributed by atoms with E-state index in [0.29, 0.717) is 36.1 Å². The third-order valence-electron chi connectivity index (χ3n) is 5.14. The van der Waals surface area contributed by atoms with Crippen molar-refractivity contribution in [3.63, 3.8) is 0 Å². The predicted octanol–water partition coefficient (Wildman–Crippen LogP) is 3.98. The Kier molecular flexibility index (Phi) is 6.16. The molecule has 0 aliphatic carbocycles. The zero-order chi connectivity index (χ0) is 21.6. The van der Waals surface area contributed by atoms with Gasteiger partial charge in [0.1, 0.15) is 17.3 Å². The van der Waals surface area contributed by atoms with Crippen LogP contribution in [0.15, 0.2) is 72.0 Å². The number of amidine groups is 1. The van der Waals surface area contributed by atoms with Crippen LogP contribution in [0.4, 0.5) is 10.1 Å². The van der Waals surface area contributed by atoms with E-state index in [4.69, 9.17) is 9.47 Å². The van der Waals surface area contributed by atoms with E-state index in [1.807, 2.05) is 4.90 Å². The van der Waals surface area contributed by atoms with Crippen molar-refractivity contribution in [1.82, 2.24) is 9.88 Å². The number of halogens is 1. The lowest BCUT2D eigenvalue weighted by Crippen LogP contribution is -2.49. The van der Waals surface area contributed by atoms with Gasteiger partial charge in [-0.05, 0) is 54.6 Å². The molecule has 2 heterocycles. The van der Waals surface area contributed by atoms with Crippen molar-refractivity contribution >= 4 is 11.5 Å². The molecule has 0 spiro atoms. The first-order valence-corrected chi connectivity index (χ1v) is 9.92. The number of hydrogen-bond donors (Lipinski definition) is 1. The monoisotopic (exact) mass is 422 g/mol. The molecular formula is C23H23FN4O3. The van der Waals surface area contributed by atoms with Gasteiger partial charge in [-0.15, -0.1) is 0 Å². The Labute approximate surface area is 180 Å². The van der Waals surface area contributed by atoms with Crippen molar-refractivity contribution in [1.29, 1.82) is 0 Å². The number of ether oxygens (including phenoxy) is 2. The fourth-order valence-electron chi connectivity index (χ4n) is 3.50. The Morgan fingerprint density at radius 1 is 0.968 bits per heavy atom.